The Bertz CT molecular complexity index is 555. The van der Waals surface area contributed by atoms with E-state index in [1.165, 1.54) is 6.07 Å². The van der Waals surface area contributed by atoms with Crippen molar-refractivity contribution in [2.75, 3.05) is 6.26 Å². The van der Waals surface area contributed by atoms with E-state index in [4.69, 9.17) is 10.5 Å². The number of nitrogens with two attached hydrogens (primary N) is 1. The lowest BCUT2D eigenvalue weighted by Crippen LogP contribution is -2.05. The molecule has 0 unspecified atom stereocenters. The Morgan fingerprint density at radius 2 is 1.84 bits per heavy atom. The average Bonchev–Trinajstić information content (AvgIpc) is 2.41. The van der Waals surface area contributed by atoms with E-state index in [9.17, 15) is 4.39 Å². The SMILES string of the molecule is CSc1ccc(Oc2ccc([C@@H](C)N)cc2F)cc1. The Labute approximate surface area is 116 Å². The lowest BCUT2D eigenvalue weighted by molar-refractivity contribution is 0.441. The van der Waals surface area contributed by atoms with Crippen LogP contribution in [-0.4, -0.2) is 6.26 Å². The minimum absolute atomic E-state index is 0.190. The first-order valence-electron chi connectivity index (χ1n) is 5.97. The molecule has 19 heavy (non-hydrogen) atoms. The maximum Gasteiger partial charge on any atom is 0.166 e. The Hall–Kier alpha value is -1.52. The van der Waals surface area contributed by atoms with Gasteiger partial charge < -0.3 is 10.5 Å². The third-order valence-electron chi connectivity index (χ3n) is 2.77. The highest BCUT2D eigenvalue weighted by Crippen LogP contribution is 2.27. The van der Waals surface area contributed by atoms with Crippen molar-refractivity contribution in [1.82, 2.24) is 0 Å². The summed E-state index contributed by atoms with van der Waals surface area (Å²) < 4.78 is 19.4. The van der Waals surface area contributed by atoms with Crippen LogP contribution >= 0.6 is 11.8 Å². The molecule has 0 heterocycles. The van der Waals surface area contributed by atoms with Crippen molar-refractivity contribution in [2.24, 2.45) is 5.73 Å². The van der Waals surface area contributed by atoms with Crippen LogP contribution < -0.4 is 10.5 Å². The summed E-state index contributed by atoms with van der Waals surface area (Å²) in [5.41, 5.74) is 6.46. The summed E-state index contributed by atoms with van der Waals surface area (Å²) >= 11 is 1.65. The third kappa shape index (κ3) is 3.49. The molecular formula is C15H16FNOS. The molecule has 100 valence electrons. The molecule has 0 bridgehead atoms. The van der Waals surface area contributed by atoms with E-state index in [1.54, 1.807) is 23.9 Å². The Kier molecular flexibility index (Phi) is 4.45. The van der Waals surface area contributed by atoms with Crippen molar-refractivity contribution < 1.29 is 9.13 Å². The number of hydrogen-bond donors (Lipinski definition) is 1. The Morgan fingerprint density at radius 3 is 2.37 bits per heavy atom. The molecule has 2 aromatic carbocycles. The highest BCUT2D eigenvalue weighted by atomic mass is 32.2. The van der Waals surface area contributed by atoms with Gasteiger partial charge in [-0.15, -0.1) is 11.8 Å². The predicted octanol–water partition coefficient (Wildman–Crippen LogP) is 4.36. The molecule has 0 amide bonds. The summed E-state index contributed by atoms with van der Waals surface area (Å²) in [6.45, 7) is 1.82. The minimum atomic E-state index is -0.399. The van der Waals surface area contributed by atoms with E-state index in [0.717, 1.165) is 10.5 Å². The van der Waals surface area contributed by atoms with Crippen molar-refractivity contribution in [3.8, 4) is 11.5 Å². The second-order valence-corrected chi connectivity index (χ2v) is 5.14. The highest BCUT2D eigenvalue weighted by Gasteiger charge is 2.08. The summed E-state index contributed by atoms with van der Waals surface area (Å²) in [4.78, 5) is 1.14. The van der Waals surface area contributed by atoms with Crippen LogP contribution in [0.5, 0.6) is 11.5 Å². The molecular weight excluding hydrogens is 261 g/mol. The molecule has 1 atom stereocenters. The van der Waals surface area contributed by atoms with Crippen LogP contribution in [0.3, 0.4) is 0 Å². The van der Waals surface area contributed by atoms with Gasteiger partial charge in [-0.05, 0) is 55.1 Å². The second-order valence-electron chi connectivity index (χ2n) is 4.26. The van der Waals surface area contributed by atoms with Crippen LogP contribution in [0.1, 0.15) is 18.5 Å². The molecule has 0 aliphatic carbocycles. The fourth-order valence-electron chi connectivity index (χ4n) is 1.65. The topological polar surface area (TPSA) is 35.2 Å². The first-order valence-corrected chi connectivity index (χ1v) is 7.19. The first-order chi connectivity index (χ1) is 9.10. The molecule has 4 heteroatoms. The van der Waals surface area contributed by atoms with Crippen molar-refractivity contribution >= 4 is 11.8 Å². The predicted molar refractivity (Wildman–Crippen MR) is 77.3 cm³/mol. The van der Waals surface area contributed by atoms with Gasteiger partial charge in [0.25, 0.3) is 0 Å². The largest absolute Gasteiger partial charge is 0.454 e. The molecule has 2 nitrogen and oxygen atoms in total. The van der Waals surface area contributed by atoms with Crippen LogP contribution in [0, 0.1) is 5.82 Å². The van der Waals surface area contributed by atoms with Gasteiger partial charge in [-0.3, -0.25) is 0 Å². The van der Waals surface area contributed by atoms with E-state index in [-0.39, 0.29) is 11.8 Å². The molecule has 0 aliphatic rings. The fourth-order valence-corrected chi connectivity index (χ4v) is 2.06. The van der Waals surface area contributed by atoms with Crippen LogP contribution in [0.15, 0.2) is 47.4 Å². The van der Waals surface area contributed by atoms with Crippen LogP contribution in [0.2, 0.25) is 0 Å². The average molecular weight is 277 g/mol. The van der Waals surface area contributed by atoms with Gasteiger partial charge in [-0.25, -0.2) is 4.39 Å². The monoisotopic (exact) mass is 277 g/mol. The normalized spacial score (nSPS) is 12.2. The molecule has 0 aliphatic heterocycles. The van der Waals surface area contributed by atoms with Crippen molar-refractivity contribution in [2.45, 2.75) is 17.9 Å². The van der Waals surface area contributed by atoms with E-state index in [0.29, 0.717) is 5.75 Å². The molecule has 0 saturated heterocycles. The molecule has 0 radical (unpaired) electrons. The summed E-state index contributed by atoms with van der Waals surface area (Å²) in [7, 11) is 0. The summed E-state index contributed by atoms with van der Waals surface area (Å²) in [5, 5.41) is 0. The summed E-state index contributed by atoms with van der Waals surface area (Å²) in [6, 6.07) is 12.1. The zero-order valence-corrected chi connectivity index (χ0v) is 11.7. The molecule has 0 fully saturated rings. The Morgan fingerprint density at radius 1 is 1.16 bits per heavy atom. The smallest absolute Gasteiger partial charge is 0.166 e. The lowest BCUT2D eigenvalue weighted by Gasteiger charge is -2.10. The van der Waals surface area contributed by atoms with Gasteiger partial charge in [-0.1, -0.05) is 6.07 Å². The summed E-state index contributed by atoms with van der Waals surface area (Å²) in [6.07, 6.45) is 2.00. The number of ether oxygens (including phenoxy) is 1. The van der Waals surface area contributed by atoms with Gasteiger partial charge in [0, 0.05) is 10.9 Å². The van der Waals surface area contributed by atoms with E-state index in [1.807, 2.05) is 37.4 Å². The zero-order chi connectivity index (χ0) is 13.8. The molecule has 2 rings (SSSR count). The third-order valence-corrected chi connectivity index (χ3v) is 3.51. The van der Waals surface area contributed by atoms with Gasteiger partial charge in [-0.2, -0.15) is 0 Å². The van der Waals surface area contributed by atoms with Crippen molar-refractivity contribution in [3.05, 3.63) is 53.8 Å². The van der Waals surface area contributed by atoms with Gasteiger partial charge in [0.2, 0.25) is 0 Å². The number of halogens is 1. The molecule has 0 aromatic heterocycles. The number of benzene rings is 2. The zero-order valence-electron chi connectivity index (χ0n) is 10.9. The number of rotatable bonds is 4. The maximum atomic E-state index is 13.9. The molecule has 0 spiro atoms. The van der Waals surface area contributed by atoms with Crippen LogP contribution in [0.25, 0.3) is 0 Å². The summed E-state index contributed by atoms with van der Waals surface area (Å²) in [5.74, 6) is 0.426. The van der Waals surface area contributed by atoms with Gasteiger partial charge >= 0.3 is 0 Å². The van der Waals surface area contributed by atoms with Crippen LogP contribution in [0.4, 0.5) is 4.39 Å². The van der Waals surface area contributed by atoms with Gasteiger partial charge in [0.1, 0.15) is 5.75 Å². The van der Waals surface area contributed by atoms with Gasteiger partial charge in [0.05, 0.1) is 0 Å². The molecule has 2 N–H and O–H groups in total. The van der Waals surface area contributed by atoms with Crippen molar-refractivity contribution in [3.63, 3.8) is 0 Å². The molecule has 2 aromatic rings. The van der Waals surface area contributed by atoms with E-state index < -0.39 is 5.82 Å². The fraction of sp³-hybridized carbons (Fsp3) is 0.200. The standard InChI is InChI=1S/C15H16FNOS/c1-10(17)11-3-8-15(14(16)9-11)18-12-4-6-13(19-2)7-5-12/h3-10H,17H2,1-2H3/t10-/m1/s1. The number of hydrogen-bond acceptors (Lipinski definition) is 3. The minimum Gasteiger partial charge on any atom is -0.454 e. The quantitative estimate of drug-likeness (QED) is 0.843. The first kappa shape index (κ1) is 13.9. The van der Waals surface area contributed by atoms with E-state index in [2.05, 4.69) is 0 Å². The Balaban J connectivity index is 2.18. The van der Waals surface area contributed by atoms with E-state index >= 15 is 0 Å². The highest BCUT2D eigenvalue weighted by molar-refractivity contribution is 7.98. The lowest BCUT2D eigenvalue weighted by atomic mass is 10.1. The van der Waals surface area contributed by atoms with Crippen molar-refractivity contribution in [1.29, 1.82) is 0 Å². The second kappa shape index (κ2) is 6.08. The van der Waals surface area contributed by atoms with Gasteiger partial charge in [0.15, 0.2) is 11.6 Å². The maximum absolute atomic E-state index is 13.9. The number of thioether (sulfide) groups is 1. The van der Waals surface area contributed by atoms with Crippen LogP contribution in [-0.2, 0) is 0 Å². The molecule has 0 saturated carbocycles.